The third-order valence-corrected chi connectivity index (χ3v) is 2.52. The Balaban J connectivity index is 2.20. The molecule has 1 saturated heterocycles. The maximum Gasteiger partial charge on any atom is 0.454 e. The highest BCUT2D eigenvalue weighted by atomic mass is 16.7. The number of hydrogen-bond donors (Lipinski definition) is 0. The van der Waals surface area contributed by atoms with Crippen LogP contribution in [0, 0.1) is 0 Å². The quantitative estimate of drug-likeness (QED) is 0.452. The minimum Gasteiger partial charge on any atom is -0.403 e. The van der Waals surface area contributed by atoms with Crippen LogP contribution in [0.3, 0.4) is 0 Å². The van der Waals surface area contributed by atoms with E-state index in [1.54, 1.807) is 0 Å². The van der Waals surface area contributed by atoms with Gasteiger partial charge in [0.15, 0.2) is 0 Å². The van der Waals surface area contributed by atoms with E-state index in [1.165, 1.54) is 0 Å². The van der Waals surface area contributed by atoms with Gasteiger partial charge in [-0.1, -0.05) is 0 Å². The van der Waals surface area contributed by atoms with Crippen LogP contribution >= 0.6 is 0 Å². The molecular formula is C6H11BO2. The van der Waals surface area contributed by atoms with Crippen LogP contribution in [-0.2, 0) is 9.31 Å². The molecule has 0 bridgehead atoms. The van der Waals surface area contributed by atoms with Gasteiger partial charge >= 0.3 is 7.12 Å². The third kappa shape index (κ3) is 0.541. The lowest BCUT2D eigenvalue weighted by Gasteiger charge is -2.03. The van der Waals surface area contributed by atoms with Crippen molar-refractivity contribution in [2.24, 2.45) is 0 Å². The molecule has 2 aliphatic rings. The highest BCUT2D eigenvalue weighted by Crippen LogP contribution is 2.58. The molecule has 2 rings (SSSR count). The molecule has 9 heavy (non-hydrogen) atoms. The third-order valence-electron chi connectivity index (χ3n) is 2.52. The van der Waals surface area contributed by atoms with Gasteiger partial charge in [0, 0.05) is 6.42 Å². The summed E-state index contributed by atoms with van der Waals surface area (Å²) in [6.07, 6.45) is 1.06. The smallest absolute Gasteiger partial charge is 0.403 e. The van der Waals surface area contributed by atoms with Crippen LogP contribution in [0.25, 0.3) is 0 Å². The first-order chi connectivity index (χ1) is 4.06. The molecule has 2 fully saturated rings. The van der Waals surface area contributed by atoms with E-state index in [1.807, 2.05) is 6.82 Å². The van der Waals surface area contributed by atoms with Crippen molar-refractivity contribution in [1.82, 2.24) is 0 Å². The van der Waals surface area contributed by atoms with Crippen LogP contribution in [-0.4, -0.2) is 18.3 Å². The van der Waals surface area contributed by atoms with Gasteiger partial charge in [-0.15, -0.1) is 0 Å². The second-order valence-electron chi connectivity index (χ2n) is 3.44. The van der Waals surface area contributed by atoms with Gasteiger partial charge in [0.05, 0.1) is 11.2 Å². The molecule has 0 radical (unpaired) electrons. The molecule has 2 nitrogen and oxygen atoms in total. The SMILES string of the molecule is CB1O[C@]2(C)C[C@@]2(C)O1. The highest BCUT2D eigenvalue weighted by molar-refractivity contribution is 6.44. The number of rotatable bonds is 0. The average Bonchev–Trinajstić information content (AvgIpc) is 1.97. The molecule has 3 heteroatoms. The van der Waals surface area contributed by atoms with Gasteiger partial charge in [-0.05, 0) is 20.7 Å². The Morgan fingerprint density at radius 2 is 1.67 bits per heavy atom. The van der Waals surface area contributed by atoms with Gasteiger partial charge in [0.25, 0.3) is 0 Å². The van der Waals surface area contributed by atoms with Gasteiger partial charge in [0.2, 0.25) is 0 Å². The predicted octanol–water partition coefficient (Wildman–Crippen LogP) is 1.07. The van der Waals surface area contributed by atoms with Crippen molar-refractivity contribution in [3.63, 3.8) is 0 Å². The number of hydrogen-bond acceptors (Lipinski definition) is 2. The Labute approximate surface area is 55.7 Å². The molecule has 0 spiro atoms. The van der Waals surface area contributed by atoms with Gasteiger partial charge in [0.1, 0.15) is 0 Å². The average molecular weight is 126 g/mol. The minimum atomic E-state index is 0.00810. The molecular weight excluding hydrogens is 115 g/mol. The fourth-order valence-electron chi connectivity index (χ4n) is 1.69. The summed E-state index contributed by atoms with van der Waals surface area (Å²) in [5.74, 6) is 0. The first-order valence-corrected chi connectivity index (χ1v) is 3.41. The van der Waals surface area contributed by atoms with Crippen molar-refractivity contribution < 1.29 is 9.31 Å². The second-order valence-corrected chi connectivity index (χ2v) is 3.44. The van der Waals surface area contributed by atoms with Crippen molar-refractivity contribution in [1.29, 1.82) is 0 Å². The first kappa shape index (κ1) is 5.75. The molecule has 0 amide bonds. The zero-order valence-corrected chi connectivity index (χ0v) is 6.10. The first-order valence-electron chi connectivity index (χ1n) is 3.41. The van der Waals surface area contributed by atoms with Crippen LogP contribution in [0.4, 0.5) is 0 Å². The Morgan fingerprint density at radius 1 is 1.22 bits per heavy atom. The van der Waals surface area contributed by atoms with Crippen molar-refractivity contribution in [2.45, 2.75) is 38.3 Å². The van der Waals surface area contributed by atoms with E-state index >= 15 is 0 Å². The normalized spacial score (nSPS) is 55.7. The van der Waals surface area contributed by atoms with Crippen molar-refractivity contribution >= 4 is 7.12 Å². The molecule has 50 valence electrons. The van der Waals surface area contributed by atoms with Crippen LogP contribution in [0.2, 0.25) is 6.82 Å². The molecule has 1 aliphatic heterocycles. The highest BCUT2D eigenvalue weighted by Gasteiger charge is 2.69. The van der Waals surface area contributed by atoms with Crippen molar-refractivity contribution in [2.75, 3.05) is 0 Å². The zero-order chi connectivity index (χ0) is 6.70. The fraction of sp³-hybridized carbons (Fsp3) is 1.00. The van der Waals surface area contributed by atoms with E-state index in [0.29, 0.717) is 0 Å². The van der Waals surface area contributed by atoms with Crippen LogP contribution < -0.4 is 0 Å². The topological polar surface area (TPSA) is 18.5 Å². The lowest BCUT2D eigenvalue weighted by atomic mass is 9.96. The molecule has 1 heterocycles. The van der Waals surface area contributed by atoms with Crippen molar-refractivity contribution in [3.8, 4) is 0 Å². The van der Waals surface area contributed by atoms with E-state index in [0.717, 1.165) is 6.42 Å². The van der Waals surface area contributed by atoms with Crippen LogP contribution in [0.5, 0.6) is 0 Å². The summed E-state index contributed by atoms with van der Waals surface area (Å²) < 4.78 is 11.0. The Hall–Kier alpha value is -0.0151. The largest absolute Gasteiger partial charge is 0.454 e. The summed E-state index contributed by atoms with van der Waals surface area (Å²) in [5.41, 5.74) is 0.0961. The molecule has 1 aliphatic carbocycles. The Bertz CT molecular complexity index is 145. The van der Waals surface area contributed by atoms with E-state index in [4.69, 9.17) is 9.31 Å². The van der Waals surface area contributed by atoms with Gasteiger partial charge in [-0.2, -0.15) is 0 Å². The summed E-state index contributed by atoms with van der Waals surface area (Å²) in [4.78, 5) is 0. The predicted molar refractivity (Wildman–Crippen MR) is 35.2 cm³/mol. The van der Waals surface area contributed by atoms with Gasteiger partial charge in [-0.25, -0.2) is 0 Å². The monoisotopic (exact) mass is 126 g/mol. The van der Waals surface area contributed by atoms with E-state index in [2.05, 4.69) is 13.8 Å². The maximum atomic E-state index is 5.50. The standard InChI is InChI=1S/C6H11BO2/c1-5-4-6(5,2)9-7(3)8-5/h4H2,1-3H3/t5-,6-/m1/s1. The molecule has 1 saturated carbocycles. The van der Waals surface area contributed by atoms with Crippen LogP contribution in [0.1, 0.15) is 20.3 Å². The molecule has 2 atom stereocenters. The lowest BCUT2D eigenvalue weighted by molar-refractivity contribution is 0.187. The molecule has 0 unspecified atom stereocenters. The second kappa shape index (κ2) is 1.20. The molecule has 0 aromatic heterocycles. The molecule has 0 aromatic rings. The van der Waals surface area contributed by atoms with E-state index in [-0.39, 0.29) is 18.3 Å². The Kier molecular flexibility index (Phi) is 0.769. The summed E-state index contributed by atoms with van der Waals surface area (Å²) in [7, 11) is 0.00810. The maximum absolute atomic E-state index is 5.50. The molecule has 0 N–H and O–H groups in total. The number of fused-ring (bicyclic) bond motifs is 1. The molecule has 0 aromatic carbocycles. The lowest BCUT2D eigenvalue weighted by Crippen LogP contribution is -2.15. The summed E-state index contributed by atoms with van der Waals surface area (Å²) in [5, 5.41) is 0. The van der Waals surface area contributed by atoms with Gasteiger partial charge in [-0.3, -0.25) is 0 Å². The fourth-order valence-corrected chi connectivity index (χ4v) is 1.69. The summed E-state index contributed by atoms with van der Waals surface area (Å²) >= 11 is 0. The van der Waals surface area contributed by atoms with Gasteiger partial charge < -0.3 is 9.31 Å². The van der Waals surface area contributed by atoms with E-state index < -0.39 is 0 Å². The summed E-state index contributed by atoms with van der Waals surface area (Å²) in [6.45, 7) is 6.16. The van der Waals surface area contributed by atoms with Crippen molar-refractivity contribution in [3.05, 3.63) is 0 Å². The Morgan fingerprint density at radius 3 is 1.89 bits per heavy atom. The van der Waals surface area contributed by atoms with Crippen LogP contribution in [0.15, 0.2) is 0 Å². The zero-order valence-electron chi connectivity index (χ0n) is 6.10. The summed E-state index contributed by atoms with van der Waals surface area (Å²) in [6, 6.07) is 0. The van der Waals surface area contributed by atoms with E-state index in [9.17, 15) is 0 Å². The minimum absolute atomic E-state index is 0.00810.